The van der Waals surface area contributed by atoms with E-state index >= 15 is 0 Å². The van der Waals surface area contributed by atoms with Crippen LogP contribution in [-0.4, -0.2) is 31.7 Å². The van der Waals surface area contributed by atoms with Gasteiger partial charge in [-0.25, -0.2) is 0 Å². The minimum atomic E-state index is -1.41. The molecule has 1 rings (SSSR count). The molecule has 0 aliphatic rings. The van der Waals surface area contributed by atoms with Gasteiger partial charge >= 0.3 is 5.97 Å². The van der Waals surface area contributed by atoms with E-state index in [0.717, 1.165) is 6.07 Å². The monoisotopic (exact) mass is 294 g/mol. The molecule has 0 radical (unpaired) electrons. The number of nitro groups is 1. The van der Waals surface area contributed by atoms with Crippen molar-refractivity contribution in [3.8, 4) is 17.6 Å². The lowest BCUT2D eigenvalue weighted by atomic mass is 9.98. The molecular weight excluding hydrogens is 280 g/mol. The van der Waals surface area contributed by atoms with Gasteiger partial charge in [-0.1, -0.05) is 0 Å². The van der Waals surface area contributed by atoms with Crippen LogP contribution in [0.15, 0.2) is 12.1 Å². The summed E-state index contributed by atoms with van der Waals surface area (Å²) in [4.78, 5) is 22.2. The molecule has 112 valence electrons. The zero-order chi connectivity index (χ0) is 16.0. The van der Waals surface area contributed by atoms with E-state index in [4.69, 9.17) is 19.5 Å². The molecule has 0 saturated carbocycles. The van der Waals surface area contributed by atoms with E-state index in [1.807, 2.05) is 0 Å². The van der Waals surface area contributed by atoms with Gasteiger partial charge in [0.1, 0.15) is 0 Å². The van der Waals surface area contributed by atoms with Gasteiger partial charge in [0.05, 0.1) is 43.4 Å². The van der Waals surface area contributed by atoms with Crippen molar-refractivity contribution in [1.82, 2.24) is 0 Å². The van der Waals surface area contributed by atoms with Crippen LogP contribution in [0.2, 0.25) is 0 Å². The van der Waals surface area contributed by atoms with Crippen LogP contribution < -0.4 is 9.47 Å². The van der Waals surface area contributed by atoms with Crippen molar-refractivity contribution in [2.24, 2.45) is 0 Å². The first-order valence-corrected chi connectivity index (χ1v) is 5.96. The fourth-order valence-electron chi connectivity index (χ4n) is 1.75. The second kappa shape index (κ2) is 7.09. The summed E-state index contributed by atoms with van der Waals surface area (Å²) in [5, 5.41) is 20.3. The van der Waals surface area contributed by atoms with Gasteiger partial charge < -0.3 is 14.2 Å². The third-order valence-corrected chi connectivity index (χ3v) is 2.69. The molecule has 1 aromatic rings. The van der Waals surface area contributed by atoms with Crippen molar-refractivity contribution in [2.45, 2.75) is 12.8 Å². The maximum atomic E-state index is 11.8. The fraction of sp³-hybridized carbons (Fsp3) is 0.385. The smallest absolute Gasteiger partial charge is 0.328 e. The number of ether oxygens (including phenoxy) is 3. The van der Waals surface area contributed by atoms with Crippen molar-refractivity contribution < 1.29 is 23.9 Å². The summed E-state index contributed by atoms with van der Waals surface area (Å²) in [5.41, 5.74) is -0.508. The molecule has 0 aliphatic heterocycles. The fourth-order valence-corrected chi connectivity index (χ4v) is 1.75. The molecule has 1 aromatic carbocycles. The summed E-state index contributed by atoms with van der Waals surface area (Å²) in [6, 6.07) is 4.06. The Labute approximate surface area is 121 Å². The lowest BCUT2D eigenvalue weighted by Gasteiger charge is -2.13. The Bertz CT molecular complexity index is 593. The standard InChI is InChI=1S/C13H14N2O6/c1-4-21-13(16)9(7-14)8-5-11(19-2)12(20-3)6-10(8)15(17)18/h5-6,9H,4H2,1-3H3. The number of carbonyl (C=O) groups excluding carboxylic acids is 1. The normalized spacial score (nSPS) is 11.1. The van der Waals surface area contributed by atoms with Gasteiger partial charge in [-0.15, -0.1) is 0 Å². The number of rotatable bonds is 6. The highest BCUT2D eigenvalue weighted by molar-refractivity contribution is 5.83. The van der Waals surface area contributed by atoms with Crippen molar-refractivity contribution in [1.29, 1.82) is 5.26 Å². The molecule has 8 nitrogen and oxygen atoms in total. The van der Waals surface area contributed by atoms with Gasteiger partial charge in [0.2, 0.25) is 0 Å². The summed E-state index contributed by atoms with van der Waals surface area (Å²) in [6.07, 6.45) is 0. The average Bonchev–Trinajstić information content (AvgIpc) is 2.47. The molecule has 8 heteroatoms. The highest BCUT2D eigenvalue weighted by Crippen LogP contribution is 2.38. The Kier molecular flexibility index (Phi) is 5.48. The van der Waals surface area contributed by atoms with E-state index in [0.29, 0.717) is 0 Å². The predicted molar refractivity (Wildman–Crippen MR) is 71.2 cm³/mol. The van der Waals surface area contributed by atoms with Crippen molar-refractivity contribution in [3.05, 3.63) is 27.8 Å². The zero-order valence-corrected chi connectivity index (χ0v) is 11.8. The Hall–Kier alpha value is -2.82. The topological polar surface area (TPSA) is 112 Å². The van der Waals surface area contributed by atoms with E-state index < -0.39 is 22.5 Å². The molecule has 0 saturated heterocycles. The summed E-state index contributed by atoms with van der Waals surface area (Å²) >= 11 is 0. The van der Waals surface area contributed by atoms with Crippen LogP contribution in [0.5, 0.6) is 11.5 Å². The number of hydrogen-bond acceptors (Lipinski definition) is 7. The van der Waals surface area contributed by atoms with Crippen molar-refractivity contribution >= 4 is 11.7 Å². The molecule has 0 amide bonds. The molecule has 0 aliphatic carbocycles. The minimum Gasteiger partial charge on any atom is -0.493 e. The summed E-state index contributed by atoms with van der Waals surface area (Å²) in [6.45, 7) is 1.65. The number of nitrogens with zero attached hydrogens (tertiary/aromatic N) is 2. The van der Waals surface area contributed by atoms with E-state index in [-0.39, 0.29) is 23.7 Å². The van der Waals surface area contributed by atoms with Crippen LogP contribution in [0.4, 0.5) is 5.69 Å². The van der Waals surface area contributed by atoms with Gasteiger partial charge in [0.15, 0.2) is 17.4 Å². The Morgan fingerprint density at radius 3 is 2.38 bits per heavy atom. The summed E-state index contributed by atoms with van der Waals surface area (Å²) in [7, 11) is 2.67. The van der Waals surface area contributed by atoms with Gasteiger partial charge in [-0.3, -0.25) is 14.9 Å². The predicted octanol–water partition coefficient (Wildman–Crippen LogP) is 1.78. The van der Waals surface area contributed by atoms with Crippen LogP contribution >= 0.6 is 0 Å². The number of hydrogen-bond donors (Lipinski definition) is 0. The maximum Gasteiger partial charge on any atom is 0.328 e. The van der Waals surface area contributed by atoms with Crippen LogP contribution in [0.1, 0.15) is 18.4 Å². The van der Waals surface area contributed by atoms with Gasteiger partial charge in [-0.05, 0) is 13.0 Å². The summed E-state index contributed by atoms with van der Waals surface area (Å²) in [5.74, 6) is -1.95. The lowest BCUT2D eigenvalue weighted by Crippen LogP contribution is -2.16. The first-order chi connectivity index (χ1) is 9.99. The molecule has 0 bridgehead atoms. The van der Waals surface area contributed by atoms with E-state index in [1.54, 1.807) is 13.0 Å². The second-order valence-corrected chi connectivity index (χ2v) is 3.84. The third-order valence-electron chi connectivity index (χ3n) is 2.69. The molecule has 0 heterocycles. The largest absolute Gasteiger partial charge is 0.493 e. The molecule has 0 fully saturated rings. The van der Waals surface area contributed by atoms with Crippen LogP contribution in [-0.2, 0) is 9.53 Å². The Balaban J connectivity index is 3.48. The van der Waals surface area contributed by atoms with Crippen LogP contribution in [0.3, 0.4) is 0 Å². The molecule has 0 aromatic heterocycles. The molecule has 0 N–H and O–H groups in total. The van der Waals surface area contributed by atoms with Crippen molar-refractivity contribution in [2.75, 3.05) is 20.8 Å². The zero-order valence-electron chi connectivity index (χ0n) is 11.8. The van der Waals surface area contributed by atoms with Crippen LogP contribution in [0.25, 0.3) is 0 Å². The highest BCUT2D eigenvalue weighted by Gasteiger charge is 2.31. The number of esters is 1. The first kappa shape index (κ1) is 16.2. The third kappa shape index (κ3) is 3.39. The number of benzene rings is 1. The molecule has 1 atom stereocenters. The number of nitriles is 1. The molecular formula is C13H14N2O6. The Morgan fingerprint density at radius 2 is 1.95 bits per heavy atom. The van der Waals surface area contributed by atoms with E-state index in [1.165, 1.54) is 20.3 Å². The minimum absolute atomic E-state index is 0.0676. The van der Waals surface area contributed by atoms with E-state index in [9.17, 15) is 14.9 Å². The number of carbonyl (C=O) groups is 1. The average molecular weight is 294 g/mol. The SMILES string of the molecule is CCOC(=O)C(C#N)c1cc(OC)c(OC)cc1[N+](=O)[O-]. The van der Waals surface area contributed by atoms with Gasteiger partial charge in [0.25, 0.3) is 5.69 Å². The quantitative estimate of drug-likeness (QED) is 0.446. The van der Waals surface area contributed by atoms with Gasteiger partial charge in [-0.2, -0.15) is 5.26 Å². The number of methoxy groups -OCH3 is 2. The molecule has 0 spiro atoms. The van der Waals surface area contributed by atoms with E-state index in [2.05, 4.69) is 0 Å². The molecule has 21 heavy (non-hydrogen) atoms. The second-order valence-electron chi connectivity index (χ2n) is 3.84. The lowest BCUT2D eigenvalue weighted by molar-refractivity contribution is -0.385. The van der Waals surface area contributed by atoms with Crippen molar-refractivity contribution in [3.63, 3.8) is 0 Å². The Morgan fingerprint density at radius 1 is 1.38 bits per heavy atom. The first-order valence-electron chi connectivity index (χ1n) is 5.96. The summed E-state index contributed by atoms with van der Waals surface area (Å²) < 4.78 is 14.8. The number of nitro benzene ring substituents is 1. The highest BCUT2D eigenvalue weighted by atomic mass is 16.6. The van der Waals surface area contributed by atoms with Crippen LogP contribution in [0, 0.1) is 21.4 Å². The molecule has 1 unspecified atom stereocenters. The van der Waals surface area contributed by atoms with Gasteiger partial charge in [0, 0.05) is 0 Å². The maximum absolute atomic E-state index is 11.8.